The first-order chi connectivity index (χ1) is 8.28. The third-order valence-corrected chi connectivity index (χ3v) is 4.40. The highest BCUT2D eigenvalue weighted by atomic mass is 15.1. The number of aromatic nitrogens is 2. The molecule has 1 fully saturated rings. The molecule has 2 heterocycles. The predicted molar refractivity (Wildman–Crippen MR) is 69.1 cm³/mol. The Balaban J connectivity index is 1.80. The lowest BCUT2D eigenvalue weighted by Crippen LogP contribution is -2.35. The molecule has 94 valence electrons. The maximum absolute atomic E-state index is 4.88. The van der Waals surface area contributed by atoms with Gasteiger partial charge in [-0.15, -0.1) is 0 Å². The Hall–Kier alpha value is -0.830. The Bertz CT molecular complexity index is 396. The highest BCUT2D eigenvalue weighted by Crippen LogP contribution is 2.35. The van der Waals surface area contributed by atoms with Crippen molar-refractivity contribution < 1.29 is 0 Å². The SMILES string of the molecule is CCC1CCc2[nH]c(C3CCCC(C)N3)nc21. The van der Waals surface area contributed by atoms with E-state index in [4.69, 9.17) is 4.98 Å². The van der Waals surface area contributed by atoms with E-state index < -0.39 is 0 Å². The first kappa shape index (κ1) is 11.3. The number of hydrogen-bond donors (Lipinski definition) is 2. The quantitative estimate of drug-likeness (QED) is 0.824. The largest absolute Gasteiger partial charge is 0.344 e. The summed E-state index contributed by atoms with van der Waals surface area (Å²) in [6.07, 6.45) is 7.57. The number of H-pyrrole nitrogens is 1. The highest BCUT2D eigenvalue weighted by molar-refractivity contribution is 5.25. The number of aromatic amines is 1. The summed E-state index contributed by atoms with van der Waals surface area (Å²) in [5.41, 5.74) is 2.77. The van der Waals surface area contributed by atoms with E-state index in [2.05, 4.69) is 24.1 Å². The van der Waals surface area contributed by atoms with Crippen molar-refractivity contribution >= 4 is 0 Å². The second kappa shape index (κ2) is 4.45. The van der Waals surface area contributed by atoms with Gasteiger partial charge in [-0.1, -0.05) is 6.92 Å². The third kappa shape index (κ3) is 2.01. The van der Waals surface area contributed by atoms with E-state index in [0.29, 0.717) is 18.0 Å². The maximum atomic E-state index is 4.88. The fourth-order valence-electron chi connectivity index (χ4n) is 3.34. The summed E-state index contributed by atoms with van der Waals surface area (Å²) in [6.45, 7) is 4.55. The Morgan fingerprint density at radius 3 is 2.94 bits per heavy atom. The first-order valence-corrected chi connectivity index (χ1v) is 7.12. The molecule has 1 aromatic rings. The maximum Gasteiger partial charge on any atom is 0.123 e. The minimum absolute atomic E-state index is 0.460. The number of hydrogen-bond acceptors (Lipinski definition) is 2. The van der Waals surface area contributed by atoms with Crippen molar-refractivity contribution in [2.45, 2.75) is 70.4 Å². The minimum atomic E-state index is 0.460. The number of aryl methyl sites for hydroxylation is 1. The van der Waals surface area contributed by atoms with Crippen molar-refractivity contribution in [2.24, 2.45) is 0 Å². The molecule has 17 heavy (non-hydrogen) atoms. The summed E-state index contributed by atoms with van der Waals surface area (Å²) >= 11 is 0. The predicted octanol–water partition coefficient (Wildman–Crippen LogP) is 3.05. The summed E-state index contributed by atoms with van der Waals surface area (Å²) in [7, 11) is 0. The molecule has 0 bridgehead atoms. The summed E-state index contributed by atoms with van der Waals surface area (Å²) in [6, 6.07) is 1.09. The summed E-state index contributed by atoms with van der Waals surface area (Å²) in [5, 5.41) is 3.66. The van der Waals surface area contributed by atoms with Crippen molar-refractivity contribution in [2.75, 3.05) is 0 Å². The molecule has 2 N–H and O–H groups in total. The van der Waals surface area contributed by atoms with Crippen LogP contribution in [0.3, 0.4) is 0 Å². The van der Waals surface area contributed by atoms with Gasteiger partial charge in [-0.25, -0.2) is 4.98 Å². The lowest BCUT2D eigenvalue weighted by molar-refractivity contribution is 0.331. The van der Waals surface area contributed by atoms with Gasteiger partial charge in [0.1, 0.15) is 5.82 Å². The number of piperidine rings is 1. The third-order valence-electron chi connectivity index (χ3n) is 4.40. The Morgan fingerprint density at radius 2 is 2.18 bits per heavy atom. The van der Waals surface area contributed by atoms with Crippen molar-refractivity contribution in [3.8, 4) is 0 Å². The zero-order valence-electron chi connectivity index (χ0n) is 10.9. The van der Waals surface area contributed by atoms with Crippen LogP contribution in [0, 0.1) is 0 Å². The number of nitrogens with one attached hydrogen (secondary N) is 2. The minimum Gasteiger partial charge on any atom is -0.344 e. The van der Waals surface area contributed by atoms with Crippen molar-refractivity contribution in [1.82, 2.24) is 15.3 Å². The molecule has 2 aliphatic rings. The van der Waals surface area contributed by atoms with E-state index in [-0.39, 0.29) is 0 Å². The second-order valence-electron chi connectivity index (χ2n) is 5.68. The topological polar surface area (TPSA) is 40.7 Å². The van der Waals surface area contributed by atoms with E-state index in [1.807, 2.05) is 0 Å². The summed E-state index contributed by atoms with van der Waals surface area (Å²) < 4.78 is 0. The molecule has 0 radical (unpaired) electrons. The molecule has 1 aliphatic heterocycles. The highest BCUT2D eigenvalue weighted by Gasteiger charge is 2.28. The number of rotatable bonds is 2. The van der Waals surface area contributed by atoms with Crippen LogP contribution in [0.25, 0.3) is 0 Å². The molecule has 1 aliphatic carbocycles. The van der Waals surface area contributed by atoms with Crippen LogP contribution in [0.15, 0.2) is 0 Å². The van der Waals surface area contributed by atoms with E-state index in [9.17, 15) is 0 Å². The molecular formula is C14H23N3. The molecule has 0 spiro atoms. The molecule has 3 nitrogen and oxygen atoms in total. The standard InChI is InChI=1S/C14H23N3/c1-3-10-7-8-11-13(10)17-14(16-11)12-6-4-5-9(2)15-12/h9-10,12,15H,3-8H2,1-2H3,(H,16,17). The van der Waals surface area contributed by atoms with Crippen molar-refractivity contribution in [3.63, 3.8) is 0 Å². The van der Waals surface area contributed by atoms with Crippen LogP contribution in [0.5, 0.6) is 0 Å². The van der Waals surface area contributed by atoms with Crippen LogP contribution in [0.4, 0.5) is 0 Å². The Kier molecular flexibility index (Phi) is 2.95. The number of nitrogens with zero attached hydrogens (tertiary/aromatic N) is 1. The average Bonchev–Trinajstić information content (AvgIpc) is 2.87. The normalized spacial score (nSPS) is 32.7. The molecular weight excluding hydrogens is 210 g/mol. The van der Waals surface area contributed by atoms with Crippen LogP contribution in [-0.4, -0.2) is 16.0 Å². The van der Waals surface area contributed by atoms with Gasteiger partial charge in [-0.3, -0.25) is 0 Å². The molecule has 1 saturated heterocycles. The van der Waals surface area contributed by atoms with Gasteiger partial charge in [0.2, 0.25) is 0 Å². The Morgan fingerprint density at radius 1 is 1.29 bits per heavy atom. The van der Waals surface area contributed by atoms with E-state index >= 15 is 0 Å². The fraction of sp³-hybridized carbons (Fsp3) is 0.786. The van der Waals surface area contributed by atoms with Gasteiger partial charge in [0, 0.05) is 17.7 Å². The van der Waals surface area contributed by atoms with Gasteiger partial charge in [-0.05, 0) is 45.4 Å². The van der Waals surface area contributed by atoms with E-state index in [1.165, 1.54) is 55.7 Å². The van der Waals surface area contributed by atoms with Crippen molar-refractivity contribution in [1.29, 1.82) is 0 Å². The molecule has 3 unspecified atom stereocenters. The summed E-state index contributed by atoms with van der Waals surface area (Å²) in [4.78, 5) is 8.46. The first-order valence-electron chi connectivity index (χ1n) is 7.12. The molecule has 3 rings (SSSR count). The summed E-state index contributed by atoms with van der Waals surface area (Å²) in [5.74, 6) is 1.90. The fourth-order valence-corrected chi connectivity index (χ4v) is 3.34. The molecule has 0 saturated carbocycles. The molecule has 3 heteroatoms. The van der Waals surface area contributed by atoms with Crippen molar-refractivity contribution in [3.05, 3.63) is 17.2 Å². The van der Waals surface area contributed by atoms with Crippen LogP contribution in [0.2, 0.25) is 0 Å². The van der Waals surface area contributed by atoms with Crippen LogP contribution >= 0.6 is 0 Å². The lowest BCUT2D eigenvalue weighted by atomic mass is 9.99. The zero-order valence-corrected chi connectivity index (χ0v) is 10.9. The van der Waals surface area contributed by atoms with Gasteiger partial charge in [-0.2, -0.15) is 0 Å². The van der Waals surface area contributed by atoms with Gasteiger partial charge in [0.25, 0.3) is 0 Å². The monoisotopic (exact) mass is 233 g/mol. The average molecular weight is 233 g/mol. The van der Waals surface area contributed by atoms with Crippen LogP contribution < -0.4 is 5.32 Å². The van der Waals surface area contributed by atoms with Gasteiger partial charge in [0.05, 0.1) is 11.7 Å². The molecule has 1 aromatic heterocycles. The Labute approximate surface area is 103 Å². The van der Waals surface area contributed by atoms with E-state index in [0.717, 1.165) is 0 Å². The zero-order chi connectivity index (χ0) is 11.8. The molecule has 0 aromatic carbocycles. The van der Waals surface area contributed by atoms with E-state index in [1.54, 1.807) is 0 Å². The van der Waals surface area contributed by atoms with Crippen LogP contribution in [-0.2, 0) is 6.42 Å². The molecule has 3 atom stereocenters. The van der Waals surface area contributed by atoms with Gasteiger partial charge < -0.3 is 10.3 Å². The smallest absolute Gasteiger partial charge is 0.123 e. The lowest BCUT2D eigenvalue weighted by Gasteiger charge is -2.27. The van der Waals surface area contributed by atoms with Gasteiger partial charge >= 0.3 is 0 Å². The number of imidazole rings is 1. The van der Waals surface area contributed by atoms with Gasteiger partial charge in [0.15, 0.2) is 0 Å². The molecule has 0 amide bonds. The van der Waals surface area contributed by atoms with Crippen LogP contribution in [0.1, 0.15) is 75.1 Å². The second-order valence-corrected chi connectivity index (χ2v) is 5.68. The number of fused-ring (bicyclic) bond motifs is 1.